The molecule has 5 N–H and O–H groups in total. The molecule has 0 unspecified atom stereocenters. The van der Waals surface area contributed by atoms with Crippen molar-refractivity contribution in [3.05, 3.63) is 23.8 Å². The fourth-order valence-electron chi connectivity index (χ4n) is 1.79. The molecule has 0 aliphatic heterocycles. The number of phenolic OH excluding ortho intramolecular Hbond substituents is 2. The Morgan fingerprint density at radius 2 is 1.94 bits per heavy atom. The lowest BCUT2D eigenvalue weighted by Crippen LogP contribution is -2.52. The zero-order valence-electron chi connectivity index (χ0n) is 10.7. The van der Waals surface area contributed by atoms with Crippen LogP contribution >= 0.6 is 0 Å². The highest BCUT2D eigenvalue weighted by Gasteiger charge is 2.27. The number of benzene rings is 1. The quantitative estimate of drug-likeness (QED) is 0.636. The van der Waals surface area contributed by atoms with Crippen molar-refractivity contribution in [2.24, 2.45) is 5.73 Å². The van der Waals surface area contributed by atoms with Gasteiger partial charge in [-0.2, -0.15) is 0 Å². The normalized spacial score (nSPS) is 11.3. The van der Waals surface area contributed by atoms with Crippen LogP contribution in [0.5, 0.6) is 11.5 Å². The molecule has 0 aromatic heterocycles. The second kappa shape index (κ2) is 5.73. The van der Waals surface area contributed by atoms with E-state index in [1.165, 1.54) is 12.1 Å². The Labute approximate surface area is 107 Å². The maximum Gasteiger partial charge on any atom is 0.255 e. The summed E-state index contributed by atoms with van der Waals surface area (Å²) >= 11 is 0. The first-order valence-electron chi connectivity index (χ1n) is 6.02. The minimum atomic E-state index is -0.457. The van der Waals surface area contributed by atoms with Crippen molar-refractivity contribution in [1.82, 2.24) is 5.32 Å². The number of nitrogens with one attached hydrogen (secondary N) is 1. The summed E-state index contributed by atoms with van der Waals surface area (Å²) in [5.41, 5.74) is 5.38. The average molecular weight is 252 g/mol. The molecule has 18 heavy (non-hydrogen) atoms. The molecule has 0 aliphatic rings. The van der Waals surface area contributed by atoms with Gasteiger partial charge in [0.05, 0.1) is 11.1 Å². The van der Waals surface area contributed by atoms with Crippen LogP contribution in [0.15, 0.2) is 18.2 Å². The molecule has 1 aromatic rings. The molecule has 5 heteroatoms. The molecule has 0 bridgehead atoms. The lowest BCUT2D eigenvalue weighted by molar-refractivity contribution is 0.0892. The van der Waals surface area contributed by atoms with Gasteiger partial charge in [-0.3, -0.25) is 4.79 Å². The van der Waals surface area contributed by atoms with Gasteiger partial charge in [-0.25, -0.2) is 0 Å². The summed E-state index contributed by atoms with van der Waals surface area (Å²) in [6.07, 6.45) is 1.43. The SMILES string of the molecule is CCC(CC)(CN)NC(=O)c1ccc(O)cc1O. The van der Waals surface area contributed by atoms with Gasteiger partial charge in [-0.05, 0) is 25.0 Å². The fraction of sp³-hybridized carbons (Fsp3) is 0.462. The third kappa shape index (κ3) is 2.92. The third-order valence-electron chi connectivity index (χ3n) is 3.35. The first kappa shape index (κ1) is 14.3. The zero-order chi connectivity index (χ0) is 13.8. The van der Waals surface area contributed by atoms with Gasteiger partial charge in [0.1, 0.15) is 11.5 Å². The molecule has 1 amide bonds. The molecule has 0 saturated heterocycles. The fourth-order valence-corrected chi connectivity index (χ4v) is 1.79. The smallest absolute Gasteiger partial charge is 0.255 e. The molecule has 1 aromatic carbocycles. The highest BCUT2D eigenvalue weighted by Crippen LogP contribution is 2.23. The van der Waals surface area contributed by atoms with Gasteiger partial charge in [0.2, 0.25) is 0 Å². The Balaban J connectivity index is 2.94. The molecule has 0 spiro atoms. The van der Waals surface area contributed by atoms with E-state index in [0.29, 0.717) is 19.4 Å². The predicted molar refractivity (Wildman–Crippen MR) is 69.6 cm³/mol. The van der Waals surface area contributed by atoms with Crippen molar-refractivity contribution in [2.45, 2.75) is 32.2 Å². The van der Waals surface area contributed by atoms with E-state index < -0.39 is 5.54 Å². The van der Waals surface area contributed by atoms with Gasteiger partial charge in [0.15, 0.2) is 0 Å². The molecule has 100 valence electrons. The molecule has 0 radical (unpaired) electrons. The van der Waals surface area contributed by atoms with E-state index in [9.17, 15) is 15.0 Å². The van der Waals surface area contributed by atoms with Crippen molar-refractivity contribution < 1.29 is 15.0 Å². The van der Waals surface area contributed by atoms with Crippen LogP contribution in [0, 0.1) is 0 Å². The van der Waals surface area contributed by atoms with Crippen molar-refractivity contribution in [2.75, 3.05) is 6.54 Å². The van der Waals surface area contributed by atoms with Gasteiger partial charge in [0.25, 0.3) is 5.91 Å². The first-order valence-corrected chi connectivity index (χ1v) is 6.02. The van der Waals surface area contributed by atoms with Gasteiger partial charge in [0, 0.05) is 12.6 Å². The number of carbonyl (C=O) groups is 1. The minimum Gasteiger partial charge on any atom is -0.508 e. The summed E-state index contributed by atoms with van der Waals surface area (Å²) in [5, 5.41) is 21.7. The summed E-state index contributed by atoms with van der Waals surface area (Å²) in [6.45, 7) is 4.24. The number of hydrogen-bond acceptors (Lipinski definition) is 4. The van der Waals surface area contributed by atoms with E-state index in [-0.39, 0.29) is 23.0 Å². The van der Waals surface area contributed by atoms with E-state index >= 15 is 0 Å². The molecule has 0 atom stereocenters. The molecule has 0 saturated carbocycles. The summed E-state index contributed by atoms with van der Waals surface area (Å²) in [6, 6.07) is 3.88. The molecular formula is C13H20N2O3. The largest absolute Gasteiger partial charge is 0.508 e. The molecule has 5 nitrogen and oxygen atoms in total. The lowest BCUT2D eigenvalue weighted by Gasteiger charge is -2.31. The monoisotopic (exact) mass is 252 g/mol. The van der Waals surface area contributed by atoms with Gasteiger partial charge in [-0.15, -0.1) is 0 Å². The van der Waals surface area contributed by atoms with E-state index in [0.717, 1.165) is 6.07 Å². The number of phenols is 2. The van der Waals surface area contributed by atoms with Crippen LogP contribution in [0.4, 0.5) is 0 Å². The van der Waals surface area contributed by atoms with Crippen molar-refractivity contribution >= 4 is 5.91 Å². The van der Waals surface area contributed by atoms with Gasteiger partial charge >= 0.3 is 0 Å². The van der Waals surface area contributed by atoms with Gasteiger partial charge in [-0.1, -0.05) is 13.8 Å². The minimum absolute atomic E-state index is 0.0832. The molecule has 0 fully saturated rings. The molecule has 0 heterocycles. The maximum absolute atomic E-state index is 12.1. The standard InChI is InChI=1S/C13H20N2O3/c1-3-13(4-2,8-14)15-12(18)10-6-5-9(16)7-11(10)17/h5-7,16-17H,3-4,8,14H2,1-2H3,(H,15,18). The van der Waals surface area contributed by atoms with E-state index in [4.69, 9.17) is 5.73 Å². The maximum atomic E-state index is 12.1. The summed E-state index contributed by atoms with van der Waals surface area (Å²) in [5.74, 6) is -0.715. The third-order valence-corrected chi connectivity index (χ3v) is 3.35. The molecule has 1 rings (SSSR count). The number of carbonyl (C=O) groups excluding carboxylic acids is 1. The van der Waals surface area contributed by atoms with Crippen molar-refractivity contribution in [1.29, 1.82) is 0 Å². The number of rotatable bonds is 5. The second-order valence-corrected chi connectivity index (χ2v) is 4.35. The van der Waals surface area contributed by atoms with Crippen molar-refractivity contribution in [3.63, 3.8) is 0 Å². The number of nitrogens with two attached hydrogens (primary N) is 1. The lowest BCUT2D eigenvalue weighted by atomic mass is 9.92. The average Bonchev–Trinajstić information content (AvgIpc) is 2.36. The van der Waals surface area contributed by atoms with Crippen LogP contribution in [0.2, 0.25) is 0 Å². The zero-order valence-corrected chi connectivity index (χ0v) is 10.7. The Kier molecular flexibility index (Phi) is 4.55. The van der Waals surface area contributed by atoms with E-state index in [1.54, 1.807) is 0 Å². The van der Waals surface area contributed by atoms with Crippen LogP contribution in [0.3, 0.4) is 0 Å². The molecular weight excluding hydrogens is 232 g/mol. The second-order valence-electron chi connectivity index (χ2n) is 4.35. The molecule has 0 aliphatic carbocycles. The first-order chi connectivity index (χ1) is 8.48. The number of hydrogen-bond donors (Lipinski definition) is 4. The highest BCUT2D eigenvalue weighted by molar-refractivity contribution is 5.97. The van der Waals surface area contributed by atoms with Crippen LogP contribution in [-0.2, 0) is 0 Å². The topological polar surface area (TPSA) is 95.6 Å². The van der Waals surface area contributed by atoms with Crippen LogP contribution in [-0.4, -0.2) is 28.2 Å². The number of amides is 1. The summed E-state index contributed by atoms with van der Waals surface area (Å²) < 4.78 is 0. The van der Waals surface area contributed by atoms with E-state index in [2.05, 4.69) is 5.32 Å². The van der Waals surface area contributed by atoms with E-state index in [1.807, 2.05) is 13.8 Å². The Morgan fingerprint density at radius 1 is 1.33 bits per heavy atom. The van der Waals surface area contributed by atoms with Crippen LogP contribution < -0.4 is 11.1 Å². The Hall–Kier alpha value is -1.75. The predicted octanol–water partition coefficient (Wildman–Crippen LogP) is 1.35. The van der Waals surface area contributed by atoms with Crippen LogP contribution in [0.1, 0.15) is 37.0 Å². The van der Waals surface area contributed by atoms with Gasteiger partial charge < -0.3 is 21.3 Å². The Bertz CT molecular complexity index is 420. The summed E-state index contributed by atoms with van der Waals surface area (Å²) in [4.78, 5) is 12.1. The summed E-state index contributed by atoms with van der Waals surface area (Å²) in [7, 11) is 0. The number of aromatic hydroxyl groups is 2. The van der Waals surface area contributed by atoms with Crippen LogP contribution in [0.25, 0.3) is 0 Å². The highest BCUT2D eigenvalue weighted by atomic mass is 16.3. The Morgan fingerprint density at radius 3 is 2.39 bits per heavy atom. The van der Waals surface area contributed by atoms with Crippen molar-refractivity contribution in [3.8, 4) is 11.5 Å².